The lowest BCUT2D eigenvalue weighted by molar-refractivity contribution is -0.125. The zero-order valence-electron chi connectivity index (χ0n) is 15.8. The van der Waals surface area contributed by atoms with Crippen molar-refractivity contribution in [2.75, 3.05) is 24.9 Å². The largest absolute Gasteiger partial charge is 0.495 e. The van der Waals surface area contributed by atoms with Gasteiger partial charge >= 0.3 is 0 Å². The van der Waals surface area contributed by atoms with Crippen LogP contribution in [-0.4, -0.2) is 32.1 Å². The maximum Gasteiger partial charge on any atom is 0.255 e. The molecule has 1 atom stereocenters. The molecule has 0 saturated carbocycles. The molecule has 2 N–H and O–H groups in total. The van der Waals surface area contributed by atoms with Gasteiger partial charge in [-0.1, -0.05) is 13.0 Å². The Labute approximate surface area is 157 Å². The molecule has 0 radical (unpaired) electrons. The van der Waals surface area contributed by atoms with Crippen LogP contribution in [0.15, 0.2) is 36.4 Å². The molecule has 0 saturated heterocycles. The number of carbonyl (C=O) groups is 2. The van der Waals surface area contributed by atoms with E-state index in [9.17, 15) is 14.0 Å². The minimum atomic E-state index is -0.571. The summed E-state index contributed by atoms with van der Waals surface area (Å²) in [5, 5.41) is 5.40. The first-order chi connectivity index (χ1) is 12.9. The Balaban J connectivity index is 2.23. The standard InChI is InChI=1S/C20H23FN2O4/c1-5-17(26-3)20(25)22-15-10-13(7-6-12(15)2)19(24)23-16-11-14(21)8-9-18(16)27-4/h6-11,17H,5H2,1-4H3,(H,22,25)(H,23,24). The second-order valence-corrected chi connectivity index (χ2v) is 5.95. The summed E-state index contributed by atoms with van der Waals surface area (Å²) in [4.78, 5) is 24.8. The third kappa shape index (κ3) is 5.04. The van der Waals surface area contributed by atoms with Crippen LogP contribution in [0.3, 0.4) is 0 Å². The number of carbonyl (C=O) groups excluding carboxylic acids is 2. The highest BCUT2D eigenvalue weighted by atomic mass is 19.1. The van der Waals surface area contributed by atoms with Crippen LogP contribution in [0.5, 0.6) is 5.75 Å². The third-order valence-corrected chi connectivity index (χ3v) is 4.12. The van der Waals surface area contributed by atoms with Gasteiger partial charge in [-0.2, -0.15) is 0 Å². The molecule has 2 amide bonds. The van der Waals surface area contributed by atoms with E-state index in [-0.39, 0.29) is 11.6 Å². The normalized spacial score (nSPS) is 11.6. The van der Waals surface area contributed by atoms with Crippen molar-refractivity contribution in [3.8, 4) is 5.75 Å². The van der Waals surface area contributed by atoms with Gasteiger partial charge in [-0.25, -0.2) is 4.39 Å². The molecule has 2 aromatic carbocycles. The Morgan fingerprint density at radius 2 is 1.81 bits per heavy atom. The van der Waals surface area contributed by atoms with E-state index in [2.05, 4.69) is 10.6 Å². The summed E-state index contributed by atoms with van der Waals surface area (Å²) in [7, 11) is 2.90. The van der Waals surface area contributed by atoms with Crippen LogP contribution < -0.4 is 15.4 Å². The van der Waals surface area contributed by atoms with Crippen molar-refractivity contribution >= 4 is 23.2 Å². The van der Waals surface area contributed by atoms with Crippen molar-refractivity contribution in [1.29, 1.82) is 0 Å². The average molecular weight is 374 g/mol. The number of methoxy groups -OCH3 is 2. The van der Waals surface area contributed by atoms with Crippen molar-refractivity contribution in [2.24, 2.45) is 0 Å². The van der Waals surface area contributed by atoms with E-state index in [0.717, 1.165) is 5.56 Å². The average Bonchev–Trinajstić information content (AvgIpc) is 2.64. The molecule has 0 aliphatic carbocycles. The maximum atomic E-state index is 13.5. The van der Waals surface area contributed by atoms with Gasteiger partial charge < -0.3 is 20.1 Å². The van der Waals surface area contributed by atoms with Crippen molar-refractivity contribution in [1.82, 2.24) is 0 Å². The number of benzene rings is 2. The predicted octanol–water partition coefficient (Wildman–Crippen LogP) is 3.76. The minimum absolute atomic E-state index is 0.221. The summed E-state index contributed by atoms with van der Waals surface area (Å²) in [5.41, 5.74) is 1.84. The molecule has 0 aliphatic heterocycles. The number of hydrogen-bond donors (Lipinski definition) is 2. The van der Waals surface area contributed by atoms with Gasteiger partial charge in [-0.15, -0.1) is 0 Å². The molecular formula is C20H23FN2O4. The number of hydrogen-bond acceptors (Lipinski definition) is 4. The molecule has 27 heavy (non-hydrogen) atoms. The molecular weight excluding hydrogens is 351 g/mol. The van der Waals surface area contributed by atoms with Gasteiger partial charge in [0.05, 0.1) is 12.8 Å². The second kappa shape index (κ2) is 9.14. The number of ether oxygens (including phenoxy) is 2. The van der Waals surface area contributed by atoms with Crippen molar-refractivity contribution in [3.05, 3.63) is 53.3 Å². The van der Waals surface area contributed by atoms with Gasteiger partial charge in [0, 0.05) is 24.4 Å². The molecule has 144 valence electrons. The molecule has 2 aromatic rings. The van der Waals surface area contributed by atoms with Crippen molar-refractivity contribution in [2.45, 2.75) is 26.4 Å². The first kappa shape index (κ1) is 20.4. The Morgan fingerprint density at radius 3 is 2.44 bits per heavy atom. The van der Waals surface area contributed by atoms with Crippen LogP contribution in [0, 0.1) is 12.7 Å². The van der Waals surface area contributed by atoms with E-state index < -0.39 is 17.8 Å². The van der Waals surface area contributed by atoms with Gasteiger partial charge in [-0.05, 0) is 43.2 Å². The Hall–Kier alpha value is -2.93. The number of aryl methyl sites for hydroxylation is 1. The monoisotopic (exact) mass is 374 g/mol. The van der Waals surface area contributed by atoms with Gasteiger partial charge in [-0.3, -0.25) is 9.59 Å². The fourth-order valence-corrected chi connectivity index (χ4v) is 2.54. The highest BCUT2D eigenvalue weighted by Gasteiger charge is 2.17. The summed E-state index contributed by atoms with van der Waals surface area (Å²) >= 11 is 0. The fourth-order valence-electron chi connectivity index (χ4n) is 2.54. The molecule has 2 rings (SSSR count). The van der Waals surface area contributed by atoms with Gasteiger partial charge in [0.2, 0.25) is 0 Å². The van der Waals surface area contributed by atoms with Crippen molar-refractivity contribution < 1.29 is 23.5 Å². The predicted molar refractivity (Wildman–Crippen MR) is 102 cm³/mol. The number of rotatable bonds is 7. The summed E-state index contributed by atoms with van der Waals surface area (Å²) in [6.07, 6.45) is -0.0422. The second-order valence-electron chi connectivity index (χ2n) is 5.95. The first-order valence-electron chi connectivity index (χ1n) is 8.48. The van der Waals surface area contributed by atoms with E-state index in [1.54, 1.807) is 18.2 Å². The van der Waals surface area contributed by atoms with E-state index in [1.165, 1.54) is 32.4 Å². The summed E-state index contributed by atoms with van der Waals surface area (Å²) in [6, 6.07) is 8.77. The summed E-state index contributed by atoms with van der Waals surface area (Å²) < 4.78 is 23.7. The van der Waals surface area contributed by atoms with Gasteiger partial charge in [0.15, 0.2) is 0 Å². The molecule has 0 fully saturated rings. The van der Waals surface area contributed by atoms with E-state index >= 15 is 0 Å². The number of amides is 2. The number of nitrogens with one attached hydrogen (secondary N) is 2. The third-order valence-electron chi connectivity index (χ3n) is 4.12. The molecule has 0 spiro atoms. The highest BCUT2D eigenvalue weighted by molar-refractivity contribution is 6.06. The SMILES string of the molecule is CCC(OC)C(=O)Nc1cc(C(=O)Nc2cc(F)ccc2OC)ccc1C. The lowest BCUT2D eigenvalue weighted by Gasteiger charge is -2.16. The van der Waals surface area contributed by atoms with Crippen LogP contribution in [-0.2, 0) is 9.53 Å². The van der Waals surface area contributed by atoms with Crippen LogP contribution >= 0.6 is 0 Å². The summed E-state index contributed by atoms with van der Waals surface area (Å²) in [6.45, 7) is 3.66. The zero-order valence-corrected chi connectivity index (χ0v) is 15.8. The Bertz CT molecular complexity index is 835. The quantitative estimate of drug-likeness (QED) is 0.774. The minimum Gasteiger partial charge on any atom is -0.495 e. The van der Waals surface area contributed by atoms with E-state index in [0.29, 0.717) is 23.4 Å². The summed E-state index contributed by atoms with van der Waals surface area (Å²) in [5.74, 6) is -0.884. The Kier molecular flexibility index (Phi) is 6.90. The number of anilines is 2. The topological polar surface area (TPSA) is 76.7 Å². The van der Waals surface area contributed by atoms with Crippen LogP contribution in [0.1, 0.15) is 29.3 Å². The number of halogens is 1. The molecule has 7 heteroatoms. The van der Waals surface area contributed by atoms with Crippen molar-refractivity contribution in [3.63, 3.8) is 0 Å². The molecule has 0 heterocycles. The lowest BCUT2D eigenvalue weighted by atomic mass is 10.1. The van der Waals surface area contributed by atoms with Gasteiger partial charge in [0.25, 0.3) is 11.8 Å². The maximum absolute atomic E-state index is 13.5. The molecule has 0 aliphatic rings. The first-order valence-corrected chi connectivity index (χ1v) is 8.48. The van der Waals surface area contributed by atoms with Crippen LogP contribution in [0.4, 0.5) is 15.8 Å². The Morgan fingerprint density at radius 1 is 1.07 bits per heavy atom. The van der Waals surface area contributed by atoms with Crippen LogP contribution in [0.25, 0.3) is 0 Å². The van der Waals surface area contributed by atoms with Gasteiger partial charge in [0.1, 0.15) is 17.7 Å². The zero-order chi connectivity index (χ0) is 20.0. The molecule has 0 bridgehead atoms. The van der Waals surface area contributed by atoms with E-state index in [4.69, 9.17) is 9.47 Å². The molecule has 6 nitrogen and oxygen atoms in total. The van der Waals surface area contributed by atoms with Crippen LogP contribution in [0.2, 0.25) is 0 Å². The lowest BCUT2D eigenvalue weighted by Crippen LogP contribution is -2.29. The molecule has 0 aromatic heterocycles. The highest BCUT2D eigenvalue weighted by Crippen LogP contribution is 2.26. The fraction of sp³-hybridized carbons (Fsp3) is 0.300. The smallest absolute Gasteiger partial charge is 0.255 e. The van der Waals surface area contributed by atoms with E-state index in [1.807, 2.05) is 13.8 Å². The molecule has 1 unspecified atom stereocenters.